The van der Waals surface area contributed by atoms with Gasteiger partial charge < -0.3 is 10.6 Å². The Morgan fingerprint density at radius 2 is 1.92 bits per heavy atom. The summed E-state index contributed by atoms with van der Waals surface area (Å²) in [7, 11) is 0. The van der Waals surface area contributed by atoms with Crippen molar-refractivity contribution < 1.29 is 9.59 Å². The van der Waals surface area contributed by atoms with Gasteiger partial charge in [-0.15, -0.1) is 11.3 Å². The standard InChI is InChI=1S/C19H21ClN2O2S/c1-2-11-21-18(24)16-13-8-4-6-10-15(13)25-19(16)22-17(23)12-7-3-5-9-14(12)20/h3,5,7,9H,2,4,6,8,10-11H2,1H3,(H,21,24)(H,22,23). The molecule has 2 N–H and O–H groups in total. The van der Waals surface area contributed by atoms with Crippen LogP contribution < -0.4 is 10.6 Å². The Labute approximate surface area is 156 Å². The van der Waals surface area contributed by atoms with E-state index in [0.29, 0.717) is 27.7 Å². The Bertz CT molecular complexity index is 801. The van der Waals surface area contributed by atoms with Gasteiger partial charge in [0, 0.05) is 11.4 Å². The Hall–Kier alpha value is -1.85. The number of hydrogen-bond donors (Lipinski definition) is 2. The first-order chi connectivity index (χ1) is 12.1. The van der Waals surface area contributed by atoms with Crippen LogP contribution in [0.4, 0.5) is 5.00 Å². The predicted octanol–water partition coefficient (Wildman–Crippen LogP) is 4.67. The van der Waals surface area contributed by atoms with E-state index in [1.54, 1.807) is 24.3 Å². The van der Waals surface area contributed by atoms with Gasteiger partial charge in [0.2, 0.25) is 0 Å². The van der Waals surface area contributed by atoms with Crippen molar-refractivity contribution in [1.82, 2.24) is 5.32 Å². The molecular formula is C19H21ClN2O2S. The van der Waals surface area contributed by atoms with E-state index >= 15 is 0 Å². The molecule has 0 saturated heterocycles. The summed E-state index contributed by atoms with van der Waals surface area (Å²) in [5.74, 6) is -0.385. The molecule has 1 aliphatic rings. The first-order valence-electron chi connectivity index (χ1n) is 8.60. The van der Waals surface area contributed by atoms with Crippen molar-refractivity contribution in [3.63, 3.8) is 0 Å². The zero-order chi connectivity index (χ0) is 17.8. The summed E-state index contributed by atoms with van der Waals surface area (Å²) in [6.07, 6.45) is 4.94. The van der Waals surface area contributed by atoms with Crippen molar-refractivity contribution in [2.75, 3.05) is 11.9 Å². The van der Waals surface area contributed by atoms with E-state index in [2.05, 4.69) is 10.6 Å². The zero-order valence-corrected chi connectivity index (χ0v) is 15.7. The van der Waals surface area contributed by atoms with E-state index in [1.165, 1.54) is 16.2 Å². The average molecular weight is 377 g/mol. The molecule has 1 aromatic carbocycles. The van der Waals surface area contributed by atoms with Crippen molar-refractivity contribution in [2.45, 2.75) is 39.0 Å². The molecule has 1 aliphatic carbocycles. The van der Waals surface area contributed by atoms with Gasteiger partial charge in [-0.3, -0.25) is 9.59 Å². The van der Waals surface area contributed by atoms with Crippen LogP contribution in [0.1, 0.15) is 57.3 Å². The normalized spacial score (nSPS) is 13.2. The fraction of sp³-hybridized carbons (Fsp3) is 0.368. The number of thiophene rings is 1. The van der Waals surface area contributed by atoms with Gasteiger partial charge in [-0.1, -0.05) is 30.7 Å². The van der Waals surface area contributed by atoms with Crippen LogP contribution in [0.3, 0.4) is 0 Å². The molecule has 1 heterocycles. The summed E-state index contributed by atoms with van der Waals surface area (Å²) in [5.41, 5.74) is 2.14. The van der Waals surface area contributed by atoms with Crippen molar-refractivity contribution >= 4 is 39.8 Å². The van der Waals surface area contributed by atoms with E-state index in [9.17, 15) is 9.59 Å². The van der Waals surface area contributed by atoms with Gasteiger partial charge in [0.25, 0.3) is 11.8 Å². The van der Waals surface area contributed by atoms with Crippen molar-refractivity contribution in [2.24, 2.45) is 0 Å². The van der Waals surface area contributed by atoms with Crippen LogP contribution in [0.2, 0.25) is 5.02 Å². The van der Waals surface area contributed by atoms with Crippen LogP contribution in [-0.2, 0) is 12.8 Å². The summed E-state index contributed by atoms with van der Waals surface area (Å²) < 4.78 is 0. The summed E-state index contributed by atoms with van der Waals surface area (Å²) in [6.45, 7) is 2.64. The summed E-state index contributed by atoms with van der Waals surface area (Å²) in [6, 6.07) is 6.93. The second-order valence-electron chi connectivity index (χ2n) is 6.10. The highest BCUT2D eigenvalue weighted by Crippen LogP contribution is 2.38. The Kier molecular flexibility index (Phi) is 5.76. The first-order valence-corrected chi connectivity index (χ1v) is 9.80. The lowest BCUT2D eigenvalue weighted by molar-refractivity contribution is 0.0954. The lowest BCUT2D eigenvalue weighted by Crippen LogP contribution is -2.26. The lowest BCUT2D eigenvalue weighted by Gasteiger charge is -2.13. The molecule has 0 radical (unpaired) electrons. The molecule has 132 valence electrons. The van der Waals surface area contributed by atoms with E-state index in [1.807, 2.05) is 6.92 Å². The molecule has 25 heavy (non-hydrogen) atoms. The van der Waals surface area contributed by atoms with E-state index in [0.717, 1.165) is 37.7 Å². The van der Waals surface area contributed by atoms with Gasteiger partial charge in [-0.05, 0) is 49.8 Å². The molecule has 2 amide bonds. The highest BCUT2D eigenvalue weighted by molar-refractivity contribution is 7.17. The number of anilines is 1. The van der Waals surface area contributed by atoms with Crippen molar-refractivity contribution in [3.8, 4) is 0 Å². The maximum Gasteiger partial charge on any atom is 0.257 e. The molecule has 0 saturated carbocycles. The number of carbonyl (C=O) groups excluding carboxylic acids is 2. The molecule has 0 spiro atoms. The van der Waals surface area contributed by atoms with Crippen molar-refractivity contribution in [1.29, 1.82) is 0 Å². The molecule has 0 aliphatic heterocycles. The van der Waals surface area contributed by atoms with E-state index < -0.39 is 0 Å². The molecule has 0 fully saturated rings. The third-order valence-corrected chi connectivity index (χ3v) is 5.82. The minimum Gasteiger partial charge on any atom is -0.352 e. The SMILES string of the molecule is CCCNC(=O)c1c(NC(=O)c2ccccc2Cl)sc2c1CCCC2. The van der Waals surface area contributed by atoms with Crippen LogP contribution in [0.25, 0.3) is 0 Å². The third kappa shape index (κ3) is 3.88. The number of aryl methyl sites for hydroxylation is 1. The van der Waals surface area contributed by atoms with E-state index in [4.69, 9.17) is 11.6 Å². The molecular weight excluding hydrogens is 356 g/mol. The van der Waals surface area contributed by atoms with Crippen LogP contribution in [-0.4, -0.2) is 18.4 Å². The summed E-state index contributed by atoms with van der Waals surface area (Å²) in [4.78, 5) is 26.5. The number of fused-ring (bicyclic) bond motifs is 1. The summed E-state index contributed by atoms with van der Waals surface area (Å²) in [5, 5.41) is 6.89. The largest absolute Gasteiger partial charge is 0.352 e. The number of nitrogens with one attached hydrogen (secondary N) is 2. The minimum absolute atomic E-state index is 0.101. The molecule has 3 rings (SSSR count). The van der Waals surface area contributed by atoms with Gasteiger partial charge in [0.15, 0.2) is 0 Å². The lowest BCUT2D eigenvalue weighted by atomic mass is 9.95. The molecule has 4 nitrogen and oxygen atoms in total. The van der Waals surface area contributed by atoms with Gasteiger partial charge in [0.05, 0.1) is 16.1 Å². The second kappa shape index (κ2) is 8.02. The van der Waals surface area contributed by atoms with Crippen LogP contribution >= 0.6 is 22.9 Å². The fourth-order valence-electron chi connectivity index (χ4n) is 3.04. The third-order valence-electron chi connectivity index (χ3n) is 4.28. The van der Waals surface area contributed by atoms with Crippen LogP contribution in [0.5, 0.6) is 0 Å². The first kappa shape index (κ1) is 18.0. The number of amides is 2. The number of hydrogen-bond acceptors (Lipinski definition) is 3. The molecule has 2 aromatic rings. The molecule has 0 bridgehead atoms. The molecule has 0 atom stereocenters. The number of rotatable bonds is 5. The van der Waals surface area contributed by atoms with Gasteiger partial charge in [-0.2, -0.15) is 0 Å². The highest BCUT2D eigenvalue weighted by atomic mass is 35.5. The Morgan fingerprint density at radius 3 is 2.68 bits per heavy atom. The maximum absolute atomic E-state index is 12.7. The van der Waals surface area contributed by atoms with Crippen LogP contribution in [0, 0.1) is 0 Å². The second-order valence-corrected chi connectivity index (χ2v) is 7.62. The predicted molar refractivity (Wildman–Crippen MR) is 103 cm³/mol. The number of halogens is 1. The monoisotopic (exact) mass is 376 g/mol. The Morgan fingerprint density at radius 1 is 1.16 bits per heavy atom. The van der Waals surface area contributed by atoms with E-state index in [-0.39, 0.29) is 11.8 Å². The van der Waals surface area contributed by atoms with Crippen LogP contribution in [0.15, 0.2) is 24.3 Å². The molecule has 1 aromatic heterocycles. The fourth-order valence-corrected chi connectivity index (χ4v) is 4.54. The average Bonchev–Trinajstić information content (AvgIpc) is 2.97. The zero-order valence-electron chi connectivity index (χ0n) is 14.2. The smallest absolute Gasteiger partial charge is 0.257 e. The summed E-state index contributed by atoms with van der Waals surface area (Å²) >= 11 is 7.64. The number of carbonyl (C=O) groups is 2. The Balaban J connectivity index is 1.92. The van der Waals surface area contributed by atoms with Crippen molar-refractivity contribution in [3.05, 3.63) is 50.9 Å². The maximum atomic E-state index is 12.7. The minimum atomic E-state index is -0.284. The molecule has 6 heteroatoms. The van der Waals surface area contributed by atoms with Gasteiger partial charge in [0.1, 0.15) is 5.00 Å². The molecule has 0 unspecified atom stereocenters. The number of benzene rings is 1. The quantitative estimate of drug-likeness (QED) is 0.796. The van der Waals surface area contributed by atoms with Gasteiger partial charge in [-0.25, -0.2) is 0 Å². The van der Waals surface area contributed by atoms with Gasteiger partial charge >= 0.3 is 0 Å². The highest BCUT2D eigenvalue weighted by Gasteiger charge is 2.26. The topological polar surface area (TPSA) is 58.2 Å².